The van der Waals surface area contributed by atoms with Crippen LogP contribution < -0.4 is 4.74 Å². The lowest BCUT2D eigenvalue weighted by Crippen LogP contribution is -2.33. The van der Waals surface area contributed by atoms with Crippen LogP contribution in [0.3, 0.4) is 0 Å². The lowest BCUT2D eigenvalue weighted by Gasteiger charge is -2.16. The van der Waals surface area contributed by atoms with E-state index in [2.05, 4.69) is 9.47 Å². The van der Waals surface area contributed by atoms with Crippen LogP contribution in [0.2, 0.25) is 0 Å². The van der Waals surface area contributed by atoms with E-state index in [0.717, 1.165) is 18.2 Å². The van der Waals surface area contributed by atoms with Gasteiger partial charge in [0.05, 0.1) is 6.61 Å². The average Bonchev–Trinajstić information content (AvgIpc) is 2.38. The number of carbonyl (C=O) groups excluding carboxylic acids is 1. The molecule has 0 saturated carbocycles. The van der Waals surface area contributed by atoms with E-state index in [4.69, 9.17) is 0 Å². The first-order chi connectivity index (χ1) is 9.35. The number of benzene rings is 1. The van der Waals surface area contributed by atoms with E-state index in [9.17, 15) is 22.4 Å². The van der Waals surface area contributed by atoms with Crippen LogP contribution in [-0.2, 0) is 9.53 Å². The minimum absolute atomic E-state index is 0.235. The lowest BCUT2D eigenvalue weighted by atomic mass is 10.2. The van der Waals surface area contributed by atoms with Crippen molar-refractivity contribution in [2.24, 2.45) is 0 Å². The zero-order chi connectivity index (χ0) is 15.2. The molecule has 3 nitrogen and oxygen atoms in total. The number of carbonyl (C=O) groups is 1. The van der Waals surface area contributed by atoms with Crippen molar-refractivity contribution in [3.05, 3.63) is 35.9 Å². The van der Waals surface area contributed by atoms with E-state index < -0.39 is 24.3 Å². The molecule has 20 heavy (non-hydrogen) atoms. The van der Waals surface area contributed by atoms with Crippen LogP contribution in [0, 0.1) is 0 Å². The second-order valence-corrected chi connectivity index (χ2v) is 3.62. The number of esters is 1. The van der Waals surface area contributed by atoms with Gasteiger partial charge in [0.2, 0.25) is 0 Å². The number of hydrogen-bond donors (Lipinski definition) is 0. The molecule has 0 aromatic heterocycles. The summed E-state index contributed by atoms with van der Waals surface area (Å²) in [6, 6.07) is 4.88. The Bertz CT molecular complexity index is 469. The van der Waals surface area contributed by atoms with E-state index in [-0.39, 0.29) is 6.61 Å². The first-order valence-corrected chi connectivity index (χ1v) is 5.65. The second-order valence-electron chi connectivity index (χ2n) is 3.62. The largest absolute Gasteiger partial charge is 0.463 e. The van der Waals surface area contributed by atoms with Gasteiger partial charge in [-0.25, -0.2) is 4.79 Å². The van der Waals surface area contributed by atoms with Gasteiger partial charge in [-0.1, -0.05) is 12.1 Å². The molecule has 1 aromatic rings. The summed E-state index contributed by atoms with van der Waals surface area (Å²) in [6.45, 7) is 1.89. The quantitative estimate of drug-likeness (QED) is 0.457. The Morgan fingerprint density at radius 1 is 1.30 bits per heavy atom. The highest BCUT2D eigenvalue weighted by atomic mass is 19.3. The van der Waals surface area contributed by atoms with Crippen LogP contribution in [0.25, 0.3) is 6.08 Å². The molecule has 0 bridgehead atoms. The second kappa shape index (κ2) is 6.93. The van der Waals surface area contributed by atoms with Crippen molar-refractivity contribution in [2.45, 2.75) is 19.5 Å². The molecule has 0 N–H and O–H groups in total. The van der Waals surface area contributed by atoms with E-state index in [1.165, 1.54) is 18.2 Å². The van der Waals surface area contributed by atoms with Crippen molar-refractivity contribution in [3.8, 4) is 5.75 Å². The Hall–Kier alpha value is -2.05. The highest BCUT2D eigenvalue weighted by Crippen LogP contribution is 2.27. The summed E-state index contributed by atoms with van der Waals surface area (Å²) in [6.07, 6.45) is -5.89. The fourth-order valence-corrected chi connectivity index (χ4v) is 1.20. The standard InChI is InChI=1S/C13H12F4O3/c1-2-19-11(18)8-5-9-3-6-10(7-4-9)20-13(16,17)12(14)15/h3-8,12H,2H2,1H3/b8-5+. The zero-order valence-electron chi connectivity index (χ0n) is 10.5. The van der Waals surface area contributed by atoms with Crippen molar-refractivity contribution in [3.63, 3.8) is 0 Å². The van der Waals surface area contributed by atoms with Crippen LogP contribution in [-0.4, -0.2) is 25.1 Å². The molecule has 0 unspecified atom stereocenters. The molecule has 0 fully saturated rings. The predicted molar refractivity (Wildman–Crippen MR) is 63.7 cm³/mol. The zero-order valence-corrected chi connectivity index (χ0v) is 10.5. The third kappa shape index (κ3) is 4.91. The van der Waals surface area contributed by atoms with Crippen LogP contribution in [0.4, 0.5) is 17.6 Å². The van der Waals surface area contributed by atoms with E-state index in [0.29, 0.717) is 5.56 Å². The smallest absolute Gasteiger partial charge is 0.461 e. The van der Waals surface area contributed by atoms with Gasteiger partial charge in [0, 0.05) is 6.08 Å². The Morgan fingerprint density at radius 3 is 2.40 bits per heavy atom. The van der Waals surface area contributed by atoms with Gasteiger partial charge in [-0.3, -0.25) is 0 Å². The summed E-state index contributed by atoms with van der Waals surface area (Å²) in [5.41, 5.74) is 0.505. The van der Waals surface area contributed by atoms with E-state index in [1.54, 1.807) is 6.92 Å². The van der Waals surface area contributed by atoms with Gasteiger partial charge >= 0.3 is 18.5 Å². The van der Waals surface area contributed by atoms with Crippen LogP contribution >= 0.6 is 0 Å². The third-order valence-electron chi connectivity index (χ3n) is 2.09. The Morgan fingerprint density at radius 2 is 1.90 bits per heavy atom. The van der Waals surface area contributed by atoms with Gasteiger partial charge in [-0.2, -0.15) is 17.6 Å². The van der Waals surface area contributed by atoms with Gasteiger partial charge in [0.25, 0.3) is 0 Å². The summed E-state index contributed by atoms with van der Waals surface area (Å²) in [7, 11) is 0. The van der Waals surface area contributed by atoms with Crippen molar-refractivity contribution in [2.75, 3.05) is 6.61 Å². The molecule has 0 aliphatic rings. The van der Waals surface area contributed by atoms with Gasteiger partial charge in [0.1, 0.15) is 5.75 Å². The third-order valence-corrected chi connectivity index (χ3v) is 2.09. The molecule has 0 aliphatic heterocycles. The predicted octanol–water partition coefficient (Wildman–Crippen LogP) is 3.50. The first kappa shape index (κ1) is 16.0. The van der Waals surface area contributed by atoms with Crippen molar-refractivity contribution >= 4 is 12.0 Å². The molecule has 0 aliphatic carbocycles. The summed E-state index contributed by atoms with van der Waals surface area (Å²) in [5.74, 6) is -0.944. The minimum Gasteiger partial charge on any atom is -0.463 e. The molecule has 110 valence electrons. The van der Waals surface area contributed by atoms with E-state index in [1.807, 2.05) is 0 Å². The Kier molecular flexibility index (Phi) is 5.54. The summed E-state index contributed by atoms with van der Waals surface area (Å²) in [5, 5.41) is 0. The molecular weight excluding hydrogens is 280 g/mol. The van der Waals surface area contributed by atoms with Crippen LogP contribution in [0.1, 0.15) is 12.5 Å². The summed E-state index contributed by atoms with van der Waals surface area (Å²) >= 11 is 0. The van der Waals surface area contributed by atoms with Gasteiger partial charge in [0.15, 0.2) is 0 Å². The highest BCUT2D eigenvalue weighted by molar-refractivity contribution is 5.87. The number of rotatable bonds is 6. The molecule has 7 heteroatoms. The molecule has 0 spiro atoms. The van der Waals surface area contributed by atoms with Gasteiger partial charge in [-0.05, 0) is 30.7 Å². The maximum atomic E-state index is 12.6. The monoisotopic (exact) mass is 292 g/mol. The van der Waals surface area contributed by atoms with Gasteiger partial charge < -0.3 is 9.47 Å². The fourth-order valence-electron chi connectivity index (χ4n) is 1.20. The Balaban J connectivity index is 2.67. The molecule has 0 radical (unpaired) electrons. The van der Waals surface area contributed by atoms with Crippen molar-refractivity contribution in [1.29, 1.82) is 0 Å². The lowest BCUT2D eigenvalue weighted by molar-refractivity contribution is -0.253. The molecule has 1 aromatic carbocycles. The summed E-state index contributed by atoms with van der Waals surface area (Å²) < 4.78 is 57.6. The molecule has 0 saturated heterocycles. The average molecular weight is 292 g/mol. The van der Waals surface area contributed by atoms with Crippen LogP contribution in [0.5, 0.6) is 5.75 Å². The highest BCUT2D eigenvalue weighted by Gasteiger charge is 2.43. The molecule has 1 rings (SSSR count). The minimum atomic E-state index is -4.54. The van der Waals surface area contributed by atoms with Crippen molar-refractivity contribution < 1.29 is 31.8 Å². The Labute approximate surface area is 112 Å². The summed E-state index contributed by atoms with van der Waals surface area (Å²) in [4.78, 5) is 11.0. The fraction of sp³-hybridized carbons (Fsp3) is 0.308. The molecular formula is C13H12F4O3. The van der Waals surface area contributed by atoms with Crippen LogP contribution in [0.15, 0.2) is 30.3 Å². The molecule has 0 amide bonds. The number of ether oxygens (including phenoxy) is 2. The molecule has 0 atom stereocenters. The maximum Gasteiger partial charge on any atom is 0.461 e. The molecule has 0 heterocycles. The number of alkyl halides is 4. The topological polar surface area (TPSA) is 35.5 Å². The maximum absolute atomic E-state index is 12.6. The first-order valence-electron chi connectivity index (χ1n) is 5.65. The normalized spacial score (nSPS) is 11.9. The van der Waals surface area contributed by atoms with Gasteiger partial charge in [-0.15, -0.1) is 0 Å². The van der Waals surface area contributed by atoms with E-state index >= 15 is 0 Å². The number of hydrogen-bond acceptors (Lipinski definition) is 3. The number of halogens is 4. The SMILES string of the molecule is CCOC(=O)/C=C/c1ccc(OC(F)(F)C(F)F)cc1. The van der Waals surface area contributed by atoms with Crippen molar-refractivity contribution in [1.82, 2.24) is 0 Å².